The number of nitrogens with zero attached hydrogens (tertiary/aromatic N) is 2. The molecule has 0 radical (unpaired) electrons. The summed E-state index contributed by atoms with van der Waals surface area (Å²) in [5.74, 6) is 1.48. The van der Waals surface area contributed by atoms with E-state index in [2.05, 4.69) is 9.55 Å². The van der Waals surface area contributed by atoms with Gasteiger partial charge in [0.1, 0.15) is 17.2 Å². The van der Waals surface area contributed by atoms with Crippen LogP contribution in [-0.4, -0.2) is 21.3 Å². The van der Waals surface area contributed by atoms with Crippen molar-refractivity contribution in [2.75, 3.05) is 6.61 Å². The van der Waals surface area contributed by atoms with Gasteiger partial charge in [0, 0.05) is 11.6 Å². The first-order valence-corrected chi connectivity index (χ1v) is 8.39. The fraction of sp³-hybridized carbons (Fsp3) is 0.316. The summed E-state index contributed by atoms with van der Waals surface area (Å²) in [6.07, 6.45) is 0.812. The number of hydrogen-bond acceptors (Lipinski definition) is 3. The molecule has 0 aliphatic rings. The van der Waals surface area contributed by atoms with E-state index in [0.29, 0.717) is 17.5 Å². The molecule has 0 atom stereocenters. The molecule has 0 fully saturated rings. The topological polar surface area (TPSA) is 47.3 Å². The second-order valence-corrected chi connectivity index (χ2v) is 6.73. The standard InChI is InChI=1S/C19H21ClN2O2/c1-19(2,23)18-21-16-6-3-4-7-17(16)22(18)12-5-13-24-15-10-8-14(20)9-11-15/h3-4,6-11,23H,5,12-13H2,1-2H3. The van der Waals surface area contributed by atoms with Crippen molar-refractivity contribution in [3.63, 3.8) is 0 Å². The first-order chi connectivity index (χ1) is 11.4. The van der Waals surface area contributed by atoms with Crippen LogP contribution < -0.4 is 4.74 Å². The lowest BCUT2D eigenvalue weighted by molar-refractivity contribution is 0.0649. The van der Waals surface area contributed by atoms with Crippen LogP contribution in [0.15, 0.2) is 48.5 Å². The van der Waals surface area contributed by atoms with Gasteiger partial charge < -0.3 is 14.4 Å². The summed E-state index contributed by atoms with van der Waals surface area (Å²) in [5, 5.41) is 11.1. The summed E-state index contributed by atoms with van der Waals surface area (Å²) >= 11 is 5.87. The molecular weight excluding hydrogens is 324 g/mol. The van der Waals surface area contributed by atoms with E-state index in [1.807, 2.05) is 48.5 Å². The number of aromatic nitrogens is 2. The van der Waals surface area contributed by atoms with Gasteiger partial charge in [-0.05, 0) is 56.7 Å². The third-order valence-corrected chi connectivity index (χ3v) is 4.06. The smallest absolute Gasteiger partial charge is 0.141 e. The van der Waals surface area contributed by atoms with Gasteiger partial charge >= 0.3 is 0 Å². The van der Waals surface area contributed by atoms with Crippen LogP contribution in [0.5, 0.6) is 5.75 Å². The molecule has 0 amide bonds. The minimum atomic E-state index is -0.990. The predicted octanol–water partition coefficient (Wildman–Crippen LogP) is 4.39. The summed E-state index contributed by atoms with van der Waals surface area (Å²) in [7, 11) is 0. The quantitative estimate of drug-likeness (QED) is 0.675. The first-order valence-electron chi connectivity index (χ1n) is 8.01. The minimum absolute atomic E-state index is 0.583. The molecular formula is C19H21ClN2O2. The van der Waals surface area contributed by atoms with Crippen LogP contribution in [0.3, 0.4) is 0 Å². The van der Waals surface area contributed by atoms with E-state index in [9.17, 15) is 5.11 Å². The van der Waals surface area contributed by atoms with Gasteiger partial charge in [-0.1, -0.05) is 23.7 Å². The van der Waals surface area contributed by atoms with Crippen molar-refractivity contribution < 1.29 is 9.84 Å². The molecule has 24 heavy (non-hydrogen) atoms. The fourth-order valence-electron chi connectivity index (χ4n) is 2.71. The molecule has 0 bridgehead atoms. The highest BCUT2D eigenvalue weighted by molar-refractivity contribution is 6.30. The Morgan fingerprint density at radius 2 is 1.83 bits per heavy atom. The molecule has 0 saturated carbocycles. The molecule has 5 heteroatoms. The van der Waals surface area contributed by atoms with Crippen LogP contribution in [0, 0.1) is 0 Å². The second kappa shape index (κ2) is 6.83. The maximum absolute atomic E-state index is 10.4. The molecule has 0 saturated heterocycles. The van der Waals surface area contributed by atoms with E-state index >= 15 is 0 Å². The second-order valence-electron chi connectivity index (χ2n) is 6.29. The number of aryl methyl sites for hydroxylation is 1. The average Bonchev–Trinajstić information content (AvgIpc) is 2.92. The number of benzene rings is 2. The zero-order valence-corrected chi connectivity index (χ0v) is 14.6. The van der Waals surface area contributed by atoms with Gasteiger partial charge in [0.25, 0.3) is 0 Å². The third kappa shape index (κ3) is 3.71. The van der Waals surface area contributed by atoms with Crippen LogP contribution >= 0.6 is 11.6 Å². The molecule has 1 heterocycles. The van der Waals surface area contributed by atoms with Crippen molar-refractivity contribution in [1.82, 2.24) is 9.55 Å². The number of fused-ring (bicyclic) bond motifs is 1. The fourth-order valence-corrected chi connectivity index (χ4v) is 2.84. The number of hydrogen-bond donors (Lipinski definition) is 1. The Bertz CT molecular complexity index is 819. The molecule has 2 aromatic carbocycles. The van der Waals surface area contributed by atoms with Gasteiger partial charge in [-0.15, -0.1) is 0 Å². The van der Waals surface area contributed by atoms with Crippen molar-refractivity contribution >= 4 is 22.6 Å². The van der Waals surface area contributed by atoms with Gasteiger partial charge in [-0.3, -0.25) is 0 Å². The summed E-state index contributed by atoms with van der Waals surface area (Å²) in [4.78, 5) is 4.59. The lowest BCUT2D eigenvalue weighted by atomic mass is 10.1. The number of aliphatic hydroxyl groups is 1. The maximum atomic E-state index is 10.4. The van der Waals surface area contributed by atoms with Crippen LogP contribution in [-0.2, 0) is 12.1 Å². The number of imidazole rings is 1. The van der Waals surface area contributed by atoms with Crippen molar-refractivity contribution in [1.29, 1.82) is 0 Å². The Balaban J connectivity index is 1.71. The number of rotatable bonds is 6. The lowest BCUT2D eigenvalue weighted by Gasteiger charge is -2.19. The molecule has 1 N–H and O–H groups in total. The van der Waals surface area contributed by atoms with E-state index in [-0.39, 0.29) is 0 Å². The molecule has 3 aromatic rings. The van der Waals surface area contributed by atoms with Crippen molar-refractivity contribution in [3.05, 3.63) is 59.4 Å². The number of ether oxygens (including phenoxy) is 1. The summed E-state index contributed by atoms with van der Waals surface area (Å²) < 4.78 is 7.81. The average molecular weight is 345 g/mol. The number of para-hydroxylation sites is 2. The zero-order chi connectivity index (χ0) is 17.2. The largest absolute Gasteiger partial charge is 0.494 e. The highest BCUT2D eigenvalue weighted by Gasteiger charge is 2.24. The summed E-state index contributed by atoms with van der Waals surface area (Å²) in [5.41, 5.74) is 0.935. The molecule has 0 aliphatic heterocycles. The zero-order valence-electron chi connectivity index (χ0n) is 13.9. The highest BCUT2D eigenvalue weighted by atomic mass is 35.5. The number of halogens is 1. The first kappa shape index (κ1) is 16.8. The molecule has 4 nitrogen and oxygen atoms in total. The van der Waals surface area contributed by atoms with Crippen LogP contribution in [0.25, 0.3) is 11.0 Å². The monoisotopic (exact) mass is 344 g/mol. The predicted molar refractivity (Wildman–Crippen MR) is 96.5 cm³/mol. The van der Waals surface area contributed by atoms with Crippen molar-refractivity contribution in [2.24, 2.45) is 0 Å². The van der Waals surface area contributed by atoms with E-state index < -0.39 is 5.60 Å². The lowest BCUT2D eigenvalue weighted by Crippen LogP contribution is -2.22. The van der Waals surface area contributed by atoms with E-state index in [1.54, 1.807) is 13.8 Å². The SMILES string of the molecule is CC(C)(O)c1nc2ccccc2n1CCCOc1ccc(Cl)cc1. The molecule has 0 spiro atoms. The molecule has 1 aromatic heterocycles. The van der Waals surface area contributed by atoms with E-state index in [0.717, 1.165) is 29.7 Å². The Morgan fingerprint density at radius 1 is 1.12 bits per heavy atom. The van der Waals surface area contributed by atoms with Gasteiger partial charge in [0.15, 0.2) is 0 Å². The highest BCUT2D eigenvalue weighted by Crippen LogP contribution is 2.25. The van der Waals surface area contributed by atoms with Crippen molar-refractivity contribution in [2.45, 2.75) is 32.4 Å². The maximum Gasteiger partial charge on any atom is 0.141 e. The van der Waals surface area contributed by atoms with Crippen LogP contribution in [0.4, 0.5) is 0 Å². The molecule has 3 rings (SSSR count). The van der Waals surface area contributed by atoms with Gasteiger partial charge in [-0.25, -0.2) is 4.98 Å². The third-order valence-electron chi connectivity index (χ3n) is 3.81. The van der Waals surface area contributed by atoms with E-state index in [1.165, 1.54) is 0 Å². The molecule has 0 aliphatic carbocycles. The van der Waals surface area contributed by atoms with Gasteiger partial charge in [0.05, 0.1) is 17.6 Å². The van der Waals surface area contributed by atoms with Gasteiger partial charge in [-0.2, -0.15) is 0 Å². The van der Waals surface area contributed by atoms with Gasteiger partial charge in [0.2, 0.25) is 0 Å². The summed E-state index contributed by atoms with van der Waals surface area (Å²) in [6.45, 7) is 4.83. The normalized spacial score (nSPS) is 11.8. The Labute approximate surface area is 146 Å². The van der Waals surface area contributed by atoms with E-state index in [4.69, 9.17) is 16.3 Å². The van der Waals surface area contributed by atoms with Crippen LogP contribution in [0.1, 0.15) is 26.1 Å². The Morgan fingerprint density at radius 3 is 2.54 bits per heavy atom. The minimum Gasteiger partial charge on any atom is -0.494 e. The summed E-state index contributed by atoms with van der Waals surface area (Å²) in [6, 6.07) is 15.3. The Hall–Kier alpha value is -2.04. The van der Waals surface area contributed by atoms with Crippen molar-refractivity contribution in [3.8, 4) is 5.75 Å². The molecule has 0 unspecified atom stereocenters. The Kier molecular flexibility index (Phi) is 4.78. The van der Waals surface area contributed by atoms with Crippen LogP contribution in [0.2, 0.25) is 5.02 Å². The molecule has 126 valence electrons.